The van der Waals surface area contributed by atoms with Crippen molar-refractivity contribution in [2.75, 3.05) is 52.9 Å². The number of halogens is 1. The number of likely N-dealkylation sites (tertiary alicyclic amines) is 1. The van der Waals surface area contributed by atoms with Gasteiger partial charge in [-0.05, 0) is 19.3 Å². The molecule has 9 nitrogen and oxygen atoms in total. The number of aliphatic imine (C=N–C) groups is 1. The van der Waals surface area contributed by atoms with Crippen LogP contribution in [0.3, 0.4) is 0 Å². The average Bonchev–Trinajstić information content (AvgIpc) is 3.09. The molecule has 27 heavy (non-hydrogen) atoms. The molecule has 2 fully saturated rings. The number of guanidine groups is 1. The molecule has 1 aromatic heterocycles. The maximum atomic E-state index is 12.4. The molecule has 2 aliphatic heterocycles. The fourth-order valence-electron chi connectivity index (χ4n) is 3.46. The zero-order chi connectivity index (χ0) is 18.4. The molecule has 1 N–H and O–H groups in total. The Balaban J connectivity index is 0.00000261. The van der Waals surface area contributed by atoms with Crippen molar-refractivity contribution in [1.29, 1.82) is 0 Å². The van der Waals surface area contributed by atoms with E-state index in [2.05, 4.69) is 30.2 Å². The molecule has 0 unspecified atom stereocenters. The molecule has 0 bridgehead atoms. The van der Waals surface area contributed by atoms with Crippen LogP contribution in [0.1, 0.15) is 31.0 Å². The summed E-state index contributed by atoms with van der Waals surface area (Å²) in [5, 5.41) is 7.16. The first-order chi connectivity index (χ1) is 12.7. The molecule has 0 radical (unpaired) electrons. The van der Waals surface area contributed by atoms with Gasteiger partial charge in [-0.1, -0.05) is 5.16 Å². The molecule has 10 heteroatoms. The van der Waals surface area contributed by atoms with Gasteiger partial charge in [0.15, 0.2) is 11.8 Å². The third-order valence-electron chi connectivity index (χ3n) is 4.93. The van der Waals surface area contributed by atoms with E-state index in [-0.39, 0.29) is 29.9 Å². The maximum Gasteiger partial charge on any atom is 0.236 e. The smallest absolute Gasteiger partial charge is 0.236 e. The first kappa shape index (κ1) is 21.9. The molecule has 1 aromatic rings. The number of nitrogens with one attached hydrogen (secondary N) is 1. The number of piperidine rings is 1. The van der Waals surface area contributed by atoms with E-state index in [9.17, 15) is 4.79 Å². The van der Waals surface area contributed by atoms with Crippen LogP contribution in [0.5, 0.6) is 0 Å². The van der Waals surface area contributed by atoms with E-state index in [1.165, 1.54) is 6.42 Å². The van der Waals surface area contributed by atoms with E-state index in [0.717, 1.165) is 58.1 Å². The number of nitrogens with zero attached hydrogens (tertiary/aromatic N) is 6. The largest absolute Gasteiger partial charge is 0.349 e. The summed E-state index contributed by atoms with van der Waals surface area (Å²) in [4.78, 5) is 27.4. The molecule has 0 spiro atoms. The molecule has 0 atom stereocenters. The van der Waals surface area contributed by atoms with Crippen molar-refractivity contribution in [3.63, 3.8) is 0 Å². The van der Waals surface area contributed by atoms with Crippen molar-refractivity contribution in [3.8, 4) is 0 Å². The van der Waals surface area contributed by atoms with Crippen LogP contribution in [0.4, 0.5) is 0 Å². The predicted octanol–water partition coefficient (Wildman–Crippen LogP) is 0.702. The SMILES string of the molecule is CN=C(NCc1noc(C)n1)N1CCN(CC(=O)N2CCCCC2)CC1.I. The number of amides is 1. The zero-order valence-corrected chi connectivity index (χ0v) is 18.5. The second-order valence-electron chi connectivity index (χ2n) is 6.84. The summed E-state index contributed by atoms with van der Waals surface area (Å²) in [6, 6.07) is 0. The minimum Gasteiger partial charge on any atom is -0.349 e. The molecule has 0 aromatic carbocycles. The number of rotatable bonds is 4. The van der Waals surface area contributed by atoms with Gasteiger partial charge < -0.3 is 19.6 Å². The minimum atomic E-state index is 0. The van der Waals surface area contributed by atoms with Crippen molar-refractivity contribution in [1.82, 2.24) is 30.2 Å². The Hall–Kier alpha value is -1.43. The number of aryl methyl sites for hydroxylation is 1. The normalized spacial score (nSPS) is 19.0. The summed E-state index contributed by atoms with van der Waals surface area (Å²) in [6.07, 6.45) is 3.53. The summed E-state index contributed by atoms with van der Waals surface area (Å²) >= 11 is 0. The van der Waals surface area contributed by atoms with Gasteiger partial charge in [-0.3, -0.25) is 14.7 Å². The fourth-order valence-corrected chi connectivity index (χ4v) is 3.46. The number of carbonyl (C=O) groups excluding carboxylic acids is 1. The van der Waals surface area contributed by atoms with Crippen LogP contribution in [0.25, 0.3) is 0 Å². The highest BCUT2D eigenvalue weighted by atomic mass is 127. The van der Waals surface area contributed by atoms with E-state index in [1.54, 1.807) is 14.0 Å². The number of hydrogen-bond donors (Lipinski definition) is 1. The molecule has 0 saturated carbocycles. The molecule has 152 valence electrons. The van der Waals surface area contributed by atoms with E-state index < -0.39 is 0 Å². The van der Waals surface area contributed by atoms with Crippen molar-refractivity contribution >= 4 is 35.8 Å². The summed E-state index contributed by atoms with van der Waals surface area (Å²) < 4.78 is 4.98. The van der Waals surface area contributed by atoms with Crippen molar-refractivity contribution in [3.05, 3.63) is 11.7 Å². The standard InChI is InChI=1S/C17H29N7O2.HI/c1-14-20-15(21-26-14)12-19-17(18-2)24-10-8-22(9-11-24)13-16(25)23-6-4-3-5-7-23;/h3-13H2,1-2H3,(H,18,19);1H. The molecule has 3 rings (SSSR count). The Bertz CT molecular complexity index is 623. The molecule has 0 aliphatic carbocycles. The van der Waals surface area contributed by atoms with Crippen LogP contribution in [-0.2, 0) is 11.3 Å². The number of hydrogen-bond acceptors (Lipinski definition) is 6. The van der Waals surface area contributed by atoms with E-state index in [4.69, 9.17) is 4.52 Å². The van der Waals surface area contributed by atoms with Crippen LogP contribution >= 0.6 is 24.0 Å². The highest BCUT2D eigenvalue weighted by molar-refractivity contribution is 14.0. The number of piperazine rings is 1. The summed E-state index contributed by atoms with van der Waals surface area (Å²) in [6.45, 7) is 8.05. The van der Waals surface area contributed by atoms with Gasteiger partial charge >= 0.3 is 0 Å². The van der Waals surface area contributed by atoms with Crippen molar-refractivity contribution in [2.24, 2.45) is 4.99 Å². The average molecular weight is 491 g/mol. The van der Waals surface area contributed by atoms with Gasteiger partial charge in [-0.2, -0.15) is 4.98 Å². The second kappa shape index (κ2) is 10.8. The number of carbonyl (C=O) groups is 1. The first-order valence-corrected chi connectivity index (χ1v) is 9.40. The zero-order valence-electron chi connectivity index (χ0n) is 16.2. The van der Waals surface area contributed by atoms with Crippen molar-refractivity contribution < 1.29 is 9.32 Å². The summed E-state index contributed by atoms with van der Waals surface area (Å²) in [7, 11) is 1.77. The van der Waals surface area contributed by atoms with Gasteiger partial charge in [0.1, 0.15) is 0 Å². The molecular formula is C17H30IN7O2. The minimum absolute atomic E-state index is 0. The van der Waals surface area contributed by atoms with E-state index >= 15 is 0 Å². The van der Waals surface area contributed by atoms with Gasteiger partial charge in [-0.25, -0.2) is 0 Å². The van der Waals surface area contributed by atoms with Crippen LogP contribution in [0.15, 0.2) is 9.52 Å². The van der Waals surface area contributed by atoms with Crippen LogP contribution in [0.2, 0.25) is 0 Å². The lowest BCUT2D eigenvalue weighted by Crippen LogP contribution is -2.54. The highest BCUT2D eigenvalue weighted by Gasteiger charge is 2.24. The Kier molecular flexibility index (Phi) is 8.74. The topological polar surface area (TPSA) is 90.1 Å². The first-order valence-electron chi connectivity index (χ1n) is 9.40. The maximum absolute atomic E-state index is 12.4. The Morgan fingerprint density at radius 3 is 2.41 bits per heavy atom. The third kappa shape index (κ3) is 6.30. The molecule has 1 amide bonds. The van der Waals surface area contributed by atoms with Crippen LogP contribution < -0.4 is 5.32 Å². The highest BCUT2D eigenvalue weighted by Crippen LogP contribution is 2.10. The van der Waals surface area contributed by atoms with E-state index in [0.29, 0.717) is 24.8 Å². The quantitative estimate of drug-likeness (QED) is 0.377. The Morgan fingerprint density at radius 2 is 1.81 bits per heavy atom. The molecule has 2 saturated heterocycles. The molecule has 3 heterocycles. The molecular weight excluding hydrogens is 461 g/mol. The summed E-state index contributed by atoms with van der Waals surface area (Å²) in [5.41, 5.74) is 0. The number of aromatic nitrogens is 2. The monoisotopic (exact) mass is 491 g/mol. The lowest BCUT2D eigenvalue weighted by Gasteiger charge is -2.37. The fraction of sp³-hybridized carbons (Fsp3) is 0.765. The van der Waals surface area contributed by atoms with Crippen LogP contribution in [0, 0.1) is 6.92 Å². The lowest BCUT2D eigenvalue weighted by molar-refractivity contribution is -0.133. The van der Waals surface area contributed by atoms with E-state index in [1.807, 2.05) is 4.90 Å². The van der Waals surface area contributed by atoms with Gasteiger partial charge in [0.05, 0.1) is 13.1 Å². The van der Waals surface area contributed by atoms with Gasteiger partial charge in [0, 0.05) is 53.2 Å². The second-order valence-corrected chi connectivity index (χ2v) is 6.84. The molecule has 2 aliphatic rings. The lowest BCUT2D eigenvalue weighted by atomic mass is 10.1. The Morgan fingerprint density at radius 1 is 1.11 bits per heavy atom. The third-order valence-corrected chi connectivity index (χ3v) is 4.93. The predicted molar refractivity (Wildman–Crippen MR) is 113 cm³/mol. The van der Waals surface area contributed by atoms with Gasteiger partial charge in [-0.15, -0.1) is 24.0 Å². The van der Waals surface area contributed by atoms with Crippen molar-refractivity contribution in [2.45, 2.75) is 32.7 Å². The summed E-state index contributed by atoms with van der Waals surface area (Å²) in [5.74, 6) is 2.28. The Labute approximate surface area is 177 Å². The van der Waals surface area contributed by atoms with Gasteiger partial charge in [0.25, 0.3) is 0 Å². The van der Waals surface area contributed by atoms with Crippen LogP contribution in [-0.4, -0.2) is 89.6 Å². The van der Waals surface area contributed by atoms with Gasteiger partial charge in [0.2, 0.25) is 11.8 Å².